The molecule has 5 nitrogen and oxygen atoms in total. The number of benzene rings is 1. The minimum absolute atomic E-state index is 0.582. The fraction of sp³-hybridized carbons (Fsp3) is 0.538. The van der Waals surface area contributed by atoms with Crippen LogP contribution in [0.5, 0.6) is 0 Å². The second-order valence-corrected chi connectivity index (χ2v) is 5.13. The normalized spacial score (nSPS) is 21.6. The van der Waals surface area contributed by atoms with Gasteiger partial charge in [0.25, 0.3) is 0 Å². The van der Waals surface area contributed by atoms with E-state index in [1.165, 1.54) is 5.56 Å². The van der Waals surface area contributed by atoms with Gasteiger partial charge in [-0.25, -0.2) is 4.68 Å². The zero-order valence-corrected chi connectivity index (χ0v) is 10.9. The van der Waals surface area contributed by atoms with Gasteiger partial charge in [-0.1, -0.05) is 11.3 Å². The monoisotopic (exact) mass is 245 g/mol. The highest BCUT2D eigenvalue weighted by Gasteiger charge is 2.15. The Kier molecular flexibility index (Phi) is 3.01. The van der Waals surface area contributed by atoms with E-state index in [0.29, 0.717) is 6.04 Å². The minimum Gasteiger partial charge on any atom is -0.312 e. The third kappa shape index (κ3) is 2.23. The van der Waals surface area contributed by atoms with Crippen LogP contribution in [0.3, 0.4) is 0 Å². The van der Waals surface area contributed by atoms with Crippen molar-refractivity contribution in [2.75, 3.05) is 19.6 Å². The van der Waals surface area contributed by atoms with Crippen LogP contribution in [0.1, 0.15) is 12.5 Å². The fourth-order valence-electron chi connectivity index (χ4n) is 2.60. The van der Waals surface area contributed by atoms with Gasteiger partial charge in [-0.2, -0.15) is 0 Å². The summed E-state index contributed by atoms with van der Waals surface area (Å²) in [6.45, 7) is 6.53. The molecule has 0 amide bonds. The van der Waals surface area contributed by atoms with E-state index in [1.54, 1.807) is 0 Å². The molecule has 1 aromatic carbocycles. The first-order chi connectivity index (χ1) is 8.72. The van der Waals surface area contributed by atoms with Gasteiger partial charge < -0.3 is 5.32 Å². The Balaban J connectivity index is 1.78. The van der Waals surface area contributed by atoms with Gasteiger partial charge in [-0.05, 0) is 24.6 Å². The molecule has 0 spiro atoms. The molecule has 2 aromatic rings. The molecule has 0 radical (unpaired) electrons. The summed E-state index contributed by atoms with van der Waals surface area (Å²) in [6.07, 6.45) is 0. The number of rotatable bonds is 2. The molecule has 1 aliphatic rings. The molecule has 1 atom stereocenters. The highest BCUT2D eigenvalue weighted by molar-refractivity contribution is 5.74. The maximum atomic E-state index is 4.17. The molecule has 0 bridgehead atoms. The highest BCUT2D eigenvalue weighted by Crippen LogP contribution is 2.14. The molecule has 1 N–H and O–H groups in total. The van der Waals surface area contributed by atoms with Crippen LogP contribution in [0.4, 0.5) is 0 Å². The first-order valence-corrected chi connectivity index (χ1v) is 6.46. The van der Waals surface area contributed by atoms with Crippen LogP contribution in [0.2, 0.25) is 0 Å². The van der Waals surface area contributed by atoms with Crippen molar-refractivity contribution in [1.82, 2.24) is 25.2 Å². The van der Waals surface area contributed by atoms with E-state index in [9.17, 15) is 0 Å². The Morgan fingerprint density at radius 3 is 3.17 bits per heavy atom. The third-order valence-electron chi connectivity index (χ3n) is 3.53. The zero-order valence-electron chi connectivity index (χ0n) is 10.9. The largest absolute Gasteiger partial charge is 0.312 e. The van der Waals surface area contributed by atoms with Crippen molar-refractivity contribution in [1.29, 1.82) is 0 Å². The molecule has 5 heteroatoms. The lowest BCUT2D eigenvalue weighted by atomic mass is 10.1. The smallest absolute Gasteiger partial charge is 0.113 e. The summed E-state index contributed by atoms with van der Waals surface area (Å²) in [5.74, 6) is 0. The average Bonchev–Trinajstić information content (AvgIpc) is 2.71. The van der Waals surface area contributed by atoms with Gasteiger partial charge in [-0.3, -0.25) is 4.90 Å². The Morgan fingerprint density at radius 1 is 1.44 bits per heavy atom. The summed E-state index contributed by atoms with van der Waals surface area (Å²) in [6, 6.07) is 7.02. The number of nitrogens with zero attached hydrogens (tertiary/aromatic N) is 4. The number of aryl methyl sites for hydroxylation is 1. The molecule has 1 aliphatic heterocycles. The van der Waals surface area contributed by atoms with Crippen LogP contribution < -0.4 is 5.32 Å². The van der Waals surface area contributed by atoms with Crippen molar-refractivity contribution in [2.24, 2.45) is 7.05 Å². The quantitative estimate of drug-likeness (QED) is 0.848. The number of hydrogen-bond acceptors (Lipinski definition) is 4. The first kappa shape index (κ1) is 11.6. The van der Waals surface area contributed by atoms with E-state index in [0.717, 1.165) is 37.2 Å². The number of hydrogen-bond donors (Lipinski definition) is 1. The van der Waals surface area contributed by atoms with Gasteiger partial charge in [0.15, 0.2) is 0 Å². The second kappa shape index (κ2) is 4.66. The maximum Gasteiger partial charge on any atom is 0.113 e. The van der Waals surface area contributed by atoms with Crippen molar-refractivity contribution in [2.45, 2.75) is 19.5 Å². The van der Waals surface area contributed by atoms with Gasteiger partial charge >= 0.3 is 0 Å². The third-order valence-corrected chi connectivity index (χ3v) is 3.53. The molecule has 2 heterocycles. The summed E-state index contributed by atoms with van der Waals surface area (Å²) in [4.78, 5) is 2.48. The van der Waals surface area contributed by atoms with Crippen LogP contribution in [0.15, 0.2) is 18.2 Å². The van der Waals surface area contributed by atoms with Gasteiger partial charge in [0.1, 0.15) is 5.52 Å². The van der Waals surface area contributed by atoms with Crippen molar-refractivity contribution in [3.05, 3.63) is 23.8 Å². The Hall–Kier alpha value is -1.46. The van der Waals surface area contributed by atoms with E-state index in [2.05, 4.69) is 45.7 Å². The summed E-state index contributed by atoms with van der Waals surface area (Å²) >= 11 is 0. The molecular weight excluding hydrogens is 226 g/mol. The molecule has 3 rings (SSSR count). The number of fused-ring (bicyclic) bond motifs is 1. The van der Waals surface area contributed by atoms with Crippen molar-refractivity contribution < 1.29 is 0 Å². The fourth-order valence-corrected chi connectivity index (χ4v) is 2.60. The number of nitrogens with one attached hydrogen (secondary N) is 1. The average molecular weight is 245 g/mol. The second-order valence-electron chi connectivity index (χ2n) is 5.13. The summed E-state index contributed by atoms with van der Waals surface area (Å²) in [5.41, 5.74) is 3.39. The van der Waals surface area contributed by atoms with Crippen molar-refractivity contribution in [3.63, 3.8) is 0 Å². The standard InChI is InChI=1S/C13H19N5/c1-10-8-18(6-5-14-10)9-11-3-4-13-12(7-11)15-16-17(13)2/h3-4,7,10,14H,5-6,8-9H2,1-2H3. The van der Waals surface area contributed by atoms with Gasteiger partial charge in [0.05, 0.1) is 5.52 Å². The van der Waals surface area contributed by atoms with E-state index in [-0.39, 0.29) is 0 Å². The molecule has 96 valence electrons. The SMILES string of the molecule is CC1CN(Cc2ccc3c(c2)nnn3C)CCN1. The molecule has 1 aromatic heterocycles. The summed E-state index contributed by atoms with van der Waals surface area (Å²) in [7, 11) is 1.92. The Morgan fingerprint density at radius 2 is 2.33 bits per heavy atom. The maximum absolute atomic E-state index is 4.17. The lowest BCUT2D eigenvalue weighted by Crippen LogP contribution is -2.48. The number of piperazine rings is 1. The molecule has 1 fully saturated rings. The Labute approximate surface area is 107 Å². The molecular formula is C13H19N5. The molecule has 18 heavy (non-hydrogen) atoms. The predicted molar refractivity (Wildman–Crippen MR) is 71.3 cm³/mol. The van der Waals surface area contributed by atoms with Gasteiger partial charge in [-0.15, -0.1) is 5.10 Å². The molecule has 0 aliphatic carbocycles. The van der Waals surface area contributed by atoms with Crippen molar-refractivity contribution >= 4 is 11.0 Å². The van der Waals surface area contributed by atoms with Crippen LogP contribution in [-0.2, 0) is 13.6 Å². The lowest BCUT2D eigenvalue weighted by Gasteiger charge is -2.31. The van der Waals surface area contributed by atoms with E-state index >= 15 is 0 Å². The van der Waals surface area contributed by atoms with Gasteiger partial charge in [0.2, 0.25) is 0 Å². The van der Waals surface area contributed by atoms with Gasteiger partial charge in [0, 0.05) is 39.3 Å². The topological polar surface area (TPSA) is 46.0 Å². The van der Waals surface area contributed by atoms with Crippen LogP contribution in [0.25, 0.3) is 11.0 Å². The minimum atomic E-state index is 0.582. The van der Waals surface area contributed by atoms with Crippen LogP contribution in [0, 0.1) is 0 Å². The summed E-state index contributed by atoms with van der Waals surface area (Å²) < 4.78 is 1.81. The van der Waals surface area contributed by atoms with Crippen molar-refractivity contribution in [3.8, 4) is 0 Å². The summed E-state index contributed by atoms with van der Waals surface area (Å²) in [5, 5.41) is 11.7. The molecule has 0 saturated carbocycles. The highest BCUT2D eigenvalue weighted by atomic mass is 15.4. The Bertz CT molecular complexity index is 547. The van der Waals surface area contributed by atoms with Crippen LogP contribution >= 0.6 is 0 Å². The van der Waals surface area contributed by atoms with E-state index in [1.807, 2.05) is 11.7 Å². The number of aromatic nitrogens is 3. The van der Waals surface area contributed by atoms with E-state index < -0.39 is 0 Å². The first-order valence-electron chi connectivity index (χ1n) is 6.46. The van der Waals surface area contributed by atoms with Crippen LogP contribution in [-0.4, -0.2) is 45.6 Å². The lowest BCUT2D eigenvalue weighted by molar-refractivity contribution is 0.200. The predicted octanol–water partition coefficient (Wildman–Crippen LogP) is 0.762. The van der Waals surface area contributed by atoms with E-state index in [4.69, 9.17) is 0 Å². The molecule has 1 saturated heterocycles. The molecule has 1 unspecified atom stereocenters. The zero-order chi connectivity index (χ0) is 12.5.